The topological polar surface area (TPSA) is 66.8 Å². The van der Waals surface area contributed by atoms with Gasteiger partial charge in [0.15, 0.2) is 5.60 Å². The van der Waals surface area contributed by atoms with Crippen molar-refractivity contribution in [2.75, 3.05) is 6.61 Å². The van der Waals surface area contributed by atoms with Gasteiger partial charge in [0.1, 0.15) is 0 Å². The Labute approximate surface area is 107 Å². The number of carbonyl (C=O) groups is 1. The molecule has 0 aromatic carbocycles. The van der Waals surface area contributed by atoms with Crippen molar-refractivity contribution in [3.63, 3.8) is 0 Å². The van der Waals surface area contributed by atoms with Gasteiger partial charge < -0.3 is 14.9 Å². The maximum Gasteiger partial charge on any atom is 0.338 e. The van der Waals surface area contributed by atoms with Crippen LogP contribution in [-0.2, 0) is 9.53 Å². The molecule has 18 heavy (non-hydrogen) atoms. The van der Waals surface area contributed by atoms with Crippen molar-refractivity contribution >= 4 is 5.97 Å². The SMILES string of the molecule is C/C=C1/CC[C@]23CO[C@H](C2)[C@@](O)(C(=O)O)CC[C@@H]13. The van der Waals surface area contributed by atoms with Crippen molar-refractivity contribution in [1.29, 1.82) is 0 Å². The molecule has 4 heteroatoms. The molecule has 2 aliphatic carbocycles. The Morgan fingerprint density at radius 3 is 2.94 bits per heavy atom. The van der Waals surface area contributed by atoms with E-state index >= 15 is 0 Å². The summed E-state index contributed by atoms with van der Waals surface area (Å²) in [6.07, 6.45) is 5.57. The Bertz CT molecular complexity index is 416. The van der Waals surface area contributed by atoms with Crippen LogP contribution in [0.15, 0.2) is 11.6 Å². The van der Waals surface area contributed by atoms with Gasteiger partial charge in [0.05, 0.1) is 12.7 Å². The van der Waals surface area contributed by atoms with Crippen LogP contribution in [0.5, 0.6) is 0 Å². The minimum Gasteiger partial charge on any atom is -0.479 e. The lowest BCUT2D eigenvalue weighted by Crippen LogP contribution is -2.49. The van der Waals surface area contributed by atoms with E-state index in [-0.39, 0.29) is 5.41 Å². The highest BCUT2D eigenvalue weighted by Gasteiger charge is 2.60. The summed E-state index contributed by atoms with van der Waals surface area (Å²) < 4.78 is 5.67. The number of ether oxygens (including phenoxy) is 1. The molecule has 0 aromatic heterocycles. The lowest BCUT2D eigenvalue weighted by Gasteiger charge is -2.31. The molecular formula is C14H20O4. The van der Waals surface area contributed by atoms with E-state index < -0.39 is 17.7 Å². The number of rotatable bonds is 1. The maximum absolute atomic E-state index is 11.3. The quantitative estimate of drug-likeness (QED) is 0.697. The fourth-order valence-corrected chi connectivity index (χ4v) is 4.22. The first-order valence-electron chi connectivity index (χ1n) is 6.74. The van der Waals surface area contributed by atoms with Crippen LogP contribution >= 0.6 is 0 Å². The zero-order valence-corrected chi connectivity index (χ0v) is 10.7. The number of fused-ring (bicyclic) bond motifs is 1. The Kier molecular flexibility index (Phi) is 2.58. The number of carboxylic acid groups (broad SMARTS) is 1. The van der Waals surface area contributed by atoms with E-state index in [0.717, 1.165) is 19.3 Å². The summed E-state index contributed by atoms with van der Waals surface area (Å²) in [4.78, 5) is 11.3. The molecule has 4 atom stereocenters. The first-order valence-corrected chi connectivity index (χ1v) is 6.74. The summed E-state index contributed by atoms with van der Waals surface area (Å²) in [6, 6.07) is 0. The van der Waals surface area contributed by atoms with Gasteiger partial charge in [-0.15, -0.1) is 0 Å². The van der Waals surface area contributed by atoms with E-state index in [9.17, 15) is 15.0 Å². The standard InChI is InChI=1S/C14H20O4/c1-2-9-3-5-13-7-11(18-8-13)14(17,12(15)16)6-4-10(9)13/h2,10-11,17H,3-8H2,1H3,(H,15,16)/b9-2-/t10-,11+,13+,14+/m0/s1. The van der Waals surface area contributed by atoms with E-state index in [1.807, 2.05) is 0 Å². The molecule has 0 aromatic rings. The lowest BCUT2D eigenvalue weighted by atomic mass is 9.75. The molecule has 2 N–H and O–H groups in total. The summed E-state index contributed by atoms with van der Waals surface area (Å²) in [5.41, 5.74) is -0.173. The summed E-state index contributed by atoms with van der Waals surface area (Å²) in [6.45, 7) is 2.66. The third-order valence-electron chi connectivity index (χ3n) is 5.35. The molecular weight excluding hydrogens is 232 g/mol. The van der Waals surface area contributed by atoms with Crippen LogP contribution < -0.4 is 0 Å². The van der Waals surface area contributed by atoms with Crippen LogP contribution in [0.1, 0.15) is 39.0 Å². The highest BCUT2D eigenvalue weighted by molar-refractivity contribution is 5.78. The van der Waals surface area contributed by atoms with Crippen LogP contribution in [0.3, 0.4) is 0 Å². The molecule has 3 aliphatic rings. The first-order chi connectivity index (χ1) is 8.52. The summed E-state index contributed by atoms with van der Waals surface area (Å²) >= 11 is 0. The number of hydrogen-bond donors (Lipinski definition) is 2. The minimum absolute atomic E-state index is 0.0897. The summed E-state index contributed by atoms with van der Waals surface area (Å²) in [5.74, 6) is -0.729. The molecule has 1 heterocycles. The number of allylic oxidation sites excluding steroid dienone is 2. The van der Waals surface area contributed by atoms with Gasteiger partial charge in [-0.1, -0.05) is 11.6 Å². The average Bonchev–Trinajstić information content (AvgIpc) is 2.88. The summed E-state index contributed by atoms with van der Waals surface area (Å²) in [5, 5.41) is 19.7. The second kappa shape index (κ2) is 3.81. The van der Waals surface area contributed by atoms with Crippen LogP contribution in [0.4, 0.5) is 0 Å². The van der Waals surface area contributed by atoms with Gasteiger partial charge in [0.2, 0.25) is 0 Å². The van der Waals surface area contributed by atoms with Gasteiger partial charge in [-0.3, -0.25) is 0 Å². The molecule has 1 aliphatic heterocycles. The van der Waals surface area contributed by atoms with E-state index in [4.69, 9.17) is 4.74 Å². The van der Waals surface area contributed by atoms with Crippen molar-refractivity contribution < 1.29 is 19.7 Å². The Morgan fingerprint density at radius 1 is 1.50 bits per heavy atom. The second-order valence-electron chi connectivity index (χ2n) is 6.05. The second-order valence-corrected chi connectivity index (χ2v) is 6.05. The zero-order chi connectivity index (χ0) is 13.0. The first kappa shape index (κ1) is 12.2. The van der Waals surface area contributed by atoms with Crippen LogP contribution in [-0.4, -0.2) is 34.5 Å². The van der Waals surface area contributed by atoms with Crippen molar-refractivity contribution in [2.24, 2.45) is 11.3 Å². The zero-order valence-electron chi connectivity index (χ0n) is 10.7. The van der Waals surface area contributed by atoms with E-state index in [1.165, 1.54) is 5.57 Å². The van der Waals surface area contributed by atoms with Crippen LogP contribution in [0.2, 0.25) is 0 Å². The Balaban J connectivity index is 1.97. The van der Waals surface area contributed by atoms with Gasteiger partial charge in [-0.2, -0.15) is 0 Å². The molecule has 100 valence electrons. The van der Waals surface area contributed by atoms with E-state index in [1.54, 1.807) is 0 Å². The predicted octanol–water partition coefficient (Wildman–Crippen LogP) is 1.73. The van der Waals surface area contributed by atoms with E-state index in [2.05, 4.69) is 13.0 Å². The maximum atomic E-state index is 11.3. The monoisotopic (exact) mass is 252 g/mol. The molecule has 0 radical (unpaired) electrons. The van der Waals surface area contributed by atoms with Crippen molar-refractivity contribution in [2.45, 2.75) is 50.7 Å². The molecule has 3 fully saturated rings. The highest BCUT2D eigenvalue weighted by atomic mass is 16.5. The van der Waals surface area contributed by atoms with Gasteiger partial charge in [-0.05, 0) is 44.9 Å². The highest BCUT2D eigenvalue weighted by Crippen LogP contribution is 2.58. The molecule has 3 rings (SSSR count). The third-order valence-corrected chi connectivity index (χ3v) is 5.35. The smallest absolute Gasteiger partial charge is 0.338 e. The number of hydrogen-bond acceptors (Lipinski definition) is 3. The van der Waals surface area contributed by atoms with Crippen LogP contribution in [0.25, 0.3) is 0 Å². The number of carboxylic acids is 1. The van der Waals surface area contributed by atoms with Gasteiger partial charge in [0.25, 0.3) is 0 Å². The fourth-order valence-electron chi connectivity index (χ4n) is 4.22. The Hall–Kier alpha value is -0.870. The van der Waals surface area contributed by atoms with Crippen molar-refractivity contribution in [3.8, 4) is 0 Å². The predicted molar refractivity (Wildman–Crippen MR) is 65.1 cm³/mol. The fraction of sp³-hybridized carbons (Fsp3) is 0.786. The molecule has 0 amide bonds. The van der Waals surface area contributed by atoms with Gasteiger partial charge in [0, 0.05) is 5.41 Å². The molecule has 1 saturated heterocycles. The normalized spacial score (nSPS) is 49.1. The lowest BCUT2D eigenvalue weighted by molar-refractivity contribution is -0.174. The molecule has 2 bridgehead atoms. The Morgan fingerprint density at radius 2 is 2.28 bits per heavy atom. The number of aliphatic hydroxyl groups is 1. The summed E-state index contributed by atoms with van der Waals surface area (Å²) in [7, 11) is 0. The third kappa shape index (κ3) is 1.42. The minimum atomic E-state index is -1.69. The van der Waals surface area contributed by atoms with Gasteiger partial charge in [-0.25, -0.2) is 4.79 Å². The largest absolute Gasteiger partial charge is 0.479 e. The van der Waals surface area contributed by atoms with Crippen LogP contribution in [0, 0.1) is 11.3 Å². The molecule has 1 spiro atoms. The van der Waals surface area contributed by atoms with E-state index in [0.29, 0.717) is 25.4 Å². The van der Waals surface area contributed by atoms with Crippen molar-refractivity contribution in [1.82, 2.24) is 0 Å². The van der Waals surface area contributed by atoms with Gasteiger partial charge >= 0.3 is 5.97 Å². The number of aliphatic carboxylic acids is 1. The molecule has 2 saturated carbocycles. The van der Waals surface area contributed by atoms with Crippen molar-refractivity contribution in [3.05, 3.63) is 11.6 Å². The average molecular weight is 252 g/mol. The molecule has 4 nitrogen and oxygen atoms in total. The molecule has 0 unspecified atom stereocenters.